The van der Waals surface area contributed by atoms with Crippen LogP contribution in [0.5, 0.6) is 0 Å². The van der Waals surface area contributed by atoms with Crippen LogP contribution in [0.1, 0.15) is 40.3 Å². The Balaban J connectivity index is 0.000000861. The minimum atomic E-state index is 0.333. The van der Waals surface area contributed by atoms with Crippen LogP contribution >= 0.6 is 0 Å². The van der Waals surface area contributed by atoms with E-state index < -0.39 is 0 Å². The standard InChI is InChI=1S/C16H21N.C2H6/c1-16(2,3)12-14-10-11-15(17(14)4)13-8-6-5-7-9-13;1-2/h5-11H,12H2,1-4H3;1-2H3. The zero-order valence-electron chi connectivity index (χ0n) is 13.2. The zero-order valence-corrected chi connectivity index (χ0v) is 13.2. The molecule has 0 aliphatic heterocycles. The Morgan fingerprint density at radius 3 is 2.00 bits per heavy atom. The summed E-state index contributed by atoms with van der Waals surface area (Å²) in [7, 11) is 2.16. The van der Waals surface area contributed by atoms with Crippen molar-refractivity contribution in [2.75, 3.05) is 0 Å². The van der Waals surface area contributed by atoms with Crippen molar-refractivity contribution in [1.29, 1.82) is 0 Å². The third kappa shape index (κ3) is 4.27. The second-order valence-corrected chi connectivity index (χ2v) is 5.87. The smallest absolute Gasteiger partial charge is 0.0479 e. The summed E-state index contributed by atoms with van der Waals surface area (Å²) in [5.41, 5.74) is 4.32. The number of nitrogens with zero attached hydrogens (tertiary/aromatic N) is 1. The highest BCUT2D eigenvalue weighted by atomic mass is 15.0. The minimum absolute atomic E-state index is 0.333. The van der Waals surface area contributed by atoms with Crippen LogP contribution in [-0.2, 0) is 13.5 Å². The Kier molecular flexibility index (Phi) is 5.41. The van der Waals surface area contributed by atoms with Gasteiger partial charge in [0.25, 0.3) is 0 Å². The van der Waals surface area contributed by atoms with Gasteiger partial charge in [0.1, 0.15) is 0 Å². The van der Waals surface area contributed by atoms with Gasteiger partial charge in [-0.15, -0.1) is 0 Å². The molecule has 0 aliphatic rings. The lowest BCUT2D eigenvalue weighted by atomic mass is 9.90. The lowest BCUT2D eigenvalue weighted by Gasteiger charge is -2.19. The molecule has 19 heavy (non-hydrogen) atoms. The van der Waals surface area contributed by atoms with E-state index in [-0.39, 0.29) is 0 Å². The lowest BCUT2D eigenvalue weighted by molar-refractivity contribution is 0.401. The monoisotopic (exact) mass is 257 g/mol. The molecule has 1 nitrogen and oxygen atoms in total. The maximum Gasteiger partial charge on any atom is 0.0479 e. The van der Waals surface area contributed by atoms with E-state index in [1.807, 2.05) is 13.8 Å². The van der Waals surface area contributed by atoms with Gasteiger partial charge in [-0.2, -0.15) is 0 Å². The molecule has 0 spiro atoms. The number of hydrogen-bond donors (Lipinski definition) is 0. The van der Waals surface area contributed by atoms with Gasteiger partial charge in [0, 0.05) is 18.4 Å². The first-order chi connectivity index (χ1) is 8.97. The van der Waals surface area contributed by atoms with Crippen LogP contribution in [0.15, 0.2) is 42.5 Å². The van der Waals surface area contributed by atoms with E-state index in [0.29, 0.717) is 5.41 Å². The van der Waals surface area contributed by atoms with E-state index in [4.69, 9.17) is 0 Å². The van der Waals surface area contributed by atoms with Crippen LogP contribution in [0.3, 0.4) is 0 Å². The number of rotatable bonds is 2. The molecule has 1 heteroatoms. The summed E-state index contributed by atoms with van der Waals surface area (Å²) in [6, 6.07) is 15.0. The number of benzene rings is 1. The lowest BCUT2D eigenvalue weighted by Crippen LogP contribution is -2.12. The van der Waals surface area contributed by atoms with Crippen molar-refractivity contribution < 1.29 is 0 Å². The fraction of sp³-hybridized carbons (Fsp3) is 0.444. The molecule has 0 N–H and O–H groups in total. The molecule has 1 aromatic carbocycles. The highest BCUT2D eigenvalue weighted by molar-refractivity contribution is 5.60. The molecule has 0 fully saturated rings. The maximum absolute atomic E-state index is 2.31. The highest BCUT2D eigenvalue weighted by Gasteiger charge is 2.15. The van der Waals surface area contributed by atoms with Gasteiger partial charge in [-0.05, 0) is 29.5 Å². The van der Waals surface area contributed by atoms with Gasteiger partial charge in [-0.3, -0.25) is 0 Å². The van der Waals surface area contributed by atoms with Crippen LogP contribution in [-0.4, -0.2) is 4.57 Å². The highest BCUT2D eigenvalue weighted by Crippen LogP contribution is 2.26. The van der Waals surface area contributed by atoms with Gasteiger partial charge < -0.3 is 4.57 Å². The first-order valence-corrected chi connectivity index (χ1v) is 7.17. The average molecular weight is 257 g/mol. The Bertz CT molecular complexity index is 486. The maximum atomic E-state index is 2.31. The third-order valence-electron chi connectivity index (χ3n) is 3.01. The zero-order chi connectivity index (χ0) is 14.5. The molecule has 0 aliphatic carbocycles. The molecule has 0 atom stereocenters. The quantitative estimate of drug-likeness (QED) is 0.687. The van der Waals surface area contributed by atoms with Gasteiger partial charge in [0.2, 0.25) is 0 Å². The van der Waals surface area contributed by atoms with Gasteiger partial charge in [0.05, 0.1) is 0 Å². The first kappa shape index (κ1) is 15.6. The fourth-order valence-electron chi connectivity index (χ4n) is 2.17. The molecule has 0 amide bonds. The largest absolute Gasteiger partial charge is 0.348 e. The number of aromatic nitrogens is 1. The normalized spacial score (nSPS) is 10.8. The van der Waals surface area contributed by atoms with Crippen LogP contribution in [0.4, 0.5) is 0 Å². The molecule has 1 heterocycles. The van der Waals surface area contributed by atoms with Gasteiger partial charge in [-0.25, -0.2) is 0 Å². The Labute approximate surface area is 118 Å². The van der Waals surface area contributed by atoms with Gasteiger partial charge in [-0.1, -0.05) is 65.0 Å². The molecule has 0 bridgehead atoms. The molecule has 2 rings (SSSR count). The third-order valence-corrected chi connectivity index (χ3v) is 3.01. The fourth-order valence-corrected chi connectivity index (χ4v) is 2.17. The second-order valence-electron chi connectivity index (χ2n) is 5.87. The summed E-state index contributed by atoms with van der Waals surface area (Å²) in [6.07, 6.45) is 1.11. The predicted molar refractivity (Wildman–Crippen MR) is 85.4 cm³/mol. The number of hydrogen-bond acceptors (Lipinski definition) is 0. The molecule has 0 radical (unpaired) electrons. The Morgan fingerprint density at radius 1 is 0.895 bits per heavy atom. The summed E-state index contributed by atoms with van der Waals surface area (Å²) < 4.78 is 2.31. The van der Waals surface area contributed by atoms with Crippen molar-refractivity contribution in [3.8, 4) is 11.3 Å². The predicted octanol–water partition coefficient (Wildman–Crippen LogP) is 5.31. The topological polar surface area (TPSA) is 4.93 Å². The van der Waals surface area contributed by atoms with Crippen LogP contribution in [0, 0.1) is 5.41 Å². The van der Waals surface area contributed by atoms with Crippen LogP contribution in [0.25, 0.3) is 11.3 Å². The molecule has 0 saturated carbocycles. The Morgan fingerprint density at radius 2 is 1.47 bits per heavy atom. The average Bonchev–Trinajstić information content (AvgIpc) is 2.73. The molecule has 2 aromatic rings. The van der Waals surface area contributed by atoms with Crippen molar-refractivity contribution >= 4 is 0 Å². The molecule has 104 valence electrons. The van der Waals surface area contributed by atoms with Crippen molar-refractivity contribution in [2.24, 2.45) is 12.5 Å². The van der Waals surface area contributed by atoms with Crippen molar-refractivity contribution in [3.63, 3.8) is 0 Å². The first-order valence-electron chi connectivity index (χ1n) is 7.17. The van der Waals surface area contributed by atoms with E-state index in [1.54, 1.807) is 0 Å². The Hall–Kier alpha value is -1.50. The van der Waals surface area contributed by atoms with Crippen molar-refractivity contribution in [2.45, 2.75) is 41.0 Å². The van der Waals surface area contributed by atoms with Crippen LogP contribution < -0.4 is 0 Å². The van der Waals surface area contributed by atoms with E-state index in [2.05, 4.69) is 74.9 Å². The van der Waals surface area contributed by atoms with E-state index in [0.717, 1.165) is 6.42 Å². The minimum Gasteiger partial charge on any atom is -0.348 e. The summed E-state index contributed by atoms with van der Waals surface area (Å²) >= 11 is 0. The van der Waals surface area contributed by atoms with E-state index in [9.17, 15) is 0 Å². The van der Waals surface area contributed by atoms with Crippen LogP contribution in [0.2, 0.25) is 0 Å². The van der Waals surface area contributed by atoms with Gasteiger partial charge >= 0.3 is 0 Å². The summed E-state index contributed by atoms with van der Waals surface area (Å²) in [6.45, 7) is 10.8. The van der Waals surface area contributed by atoms with Crippen molar-refractivity contribution in [3.05, 3.63) is 48.2 Å². The molecule has 0 unspecified atom stereocenters. The SMILES string of the molecule is CC.Cn1c(CC(C)(C)C)ccc1-c1ccccc1. The second kappa shape index (κ2) is 6.60. The molecule has 1 aromatic heterocycles. The summed E-state index contributed by atoms with van der Waals surface area (Å²) in [5, 5.41) is 0. The summed E-state index contributed by atoms with van der Waals surface area (Å²) in [5.74, 6) is 0. The molecular weight excluding hydrogens is 230 g/mol. The molecular formula is C18H27N. The molecule has 0 saturated heterocycles. The van der Waals surface area contributed by atoms with E-state index in [1.165, 1.54) is 17.0 Å². The van der Waals surface area contributed by atoms with Crippen molar-refractivity contribution in [1.82, 2.24) is 4.57 Å². The summed E-state index contributed by atoms with van der Waals surface area (Å²) in [4.78, 5) is 0. The van der Waals surface area contributed by atoms with E-state index >= 15 is 0 Å². The van der Waals surface area contributed by atoms with Gasteiger partial charge in [0.15, 0.2) is 0 Å².